The number of aliphatic hydroxyl groups is 1. The van der Waals surface area contributed by atoms with Crippen molar-refractivity contribution < 1.29 is 15.1 Å². The highest BCUT2D eigenvalue weighted by Crippen LogP contribution is 2.40. The maximum atomic E-state index is 11.1. The number of piperazine rings is 1. The summed E-state index contributed by atoms with van der Waals surface area (Å²) in [5.74, 6) is -0.338. The monoisotopic (exact) mass is 345 g/mol. The number of phenols is 1. The standard InChI is InChI=1S/C15H23N3O4.ClH/c1-15(2,10-19)14(17-7-5-16-6-8-17)11-3-4-13(20)12(9-11)18(21)22;/h3-4,9,14,16,19-20H,5-8,10H2,1-2H3;1H/t14-;/m0./s1. The SMILES string of the molecule is CC(C)(CO)[C@H](c1ccc(O)c([N+](=O)[O-])c1)N1CCNCC1.Cl. The number of hydrogen-bond acceptors (Lipinski definition) is 6. The summed E-state index contributed by atoms with van der Waals surface area (Å²) < 4.78 is 0. The number of nitro benzene ring substituents is 1. The molecule has 1 aromatic carbocycles. The highest BCUT2D eigenvalue weighted by Gasteiger charge is 2.36. The zero-order valence-electron chi connectivity index (χ0n) is 13.4. The van der Waals surface area contributed by atoms with Crippen molar-refractivity contribution in [2.24, 2.45) is 5.41 Å². The number of aliphatic hydroxyl groups excluding tert-OH is 1. The maximum Gasteiger partial charge on any atom is 0.311 e. The van der Waals surface area contributed by atoms with Crippen LogP contribution in [0.2, 0.25) is 0 Å². The summed E-state index contributed by atoms with van der Waals surface area (Å²) in [6, 6.07) is 4.32. The molecule has 0 saturated carbocycles. The van der Waals surface area contributed by atoms with E-state index in [-0.39, 0.29) is 36.5 Å². The summed E-state index contributed by atoms with van der Waals surface area (Å²) in [6.45, 7) is 7.16. The van der Waals surface area contributed by atoms with Crippen LogP contribution in [-0.4, -0.2) is 52.8 Å². The van der Waals surface area contributed by atoms with Crippen LogP contribution in [0, 0.1) is 15.5 Å². The number of nitrogens with one attached hydrogen (secondary N) is 1. The molecule has 7 nitrogen and oxygen atoms in total. The van der Waals surface area contributed by atoms with E-state index in [0.717, 1.165) is 31.7 Å². The molecule has 0 spiro atoms. The van der Waals surface area contributed by atoms with E-state index in [2.05, 4.69) is 10.2 Å². The third-order valence-corrected chi connectivity index (χ3v) is 4.18. The lowest BCUT2D eigenvalue weighted by Gasteiger charge is -2.43. The lowest BCUT2D eigenvalue weighted by atomic mass is 9.79. The first-order valence-corrected chi connectivity index (χ1v) is 7.40. The molecule has 0 aromatic heterocycles. The summed E-state index contributed by atoms with van der Waals surface area (Å²) in [5, 5.41) is 33.7. The Morgan fingerprint density at radius 1 is 1.39 bits per heavy atom. The number of rotatable bonds is 5. The first-order valence-electron chi connectivity index (χ1n) is 7.40. The van der Waals surface area contributed by atoms with E-state index in [1.165, 1.54) is 12.1 Å². The molecule has 0 amide bonds. The average molecular weight is 346 g/mol. The van der Waals surface area contributed by atoms with Gasteiger partial charge in [-0.25, -0.2) is 0 Å². The van der Waals surface area contributed by atoms with Gasteiger partial charge in [-0.05, 0) is 11.6 Å². The smallest absolute Gasteiger partial charge is 0.311 e. The molecule has 3 N–H and O–H groups in total. The molecular formula is C15H24ClN3O4. The summed E-state index contributed by atoms with van der Waals surface area (Å²) in [5.41, 5.74) is -0.0147. The van der Waals surface area contributed by atoms with Crippen LogP contribution >= 0.6 is 12.4 Å². The van der Waals surface area contributed by atoms with Crippen molar-refractivity contribution >= 4 is 18.1 Å². The quantitative estimate of drug-likeness (QED) is 0.555. The minimum Gasteiger partial charge on any atom is -0.502 e. The van der Waals surface area contributed by atoms with Crippen molar-refractivity contribution in [3.8, 4) is 5.75 Å². The van der Waals surface area contributed by atoms with Gasteiger partial charge in [-0.3, -0.25) is 15.0 Å². The van der Waals surface area contributed by atoms with E-state index < -0.39 is 10.3 Å². The van der Waals surface area contributed by atoms with Crippen LogP contribution in [0.15, 0.2) is 18.2 Å². The molecule has 8 heteroatoms. The first-order chi connectivity index (χ1) is 10.4. The second-order valence-corrected chi connectivity index (χ2v) is 6.34. The third kappa shape index (κ3) is 4.32. The predicted molar refractivity (Wildman–Crippen MR) is 90.1 cm³/mol. The predicted octanol–water partition coefficient (Wildman–Crippen LogP) is 1.69. The van der Waals surface area contributed by atoms with Crippen molar-refractivity contribution in [3.05, 3.63) is 33.9 Å². The van der Waals surface area contributed by atoms with Crippen molar-refractivity contribution in [2.45, 2.75) is 19.9 Å². The molecule has 0 radical (unpaired) electrons. The van der Waals surface area contributed by atoms with Crippen LogP contribution in [0.1, 0.15) is 25.5 Å². The molecule has 1 fully saturated rings. The fourth-order valence-corrected chi connectivity index (χ4v) is 3.04. The van der Waals surface area contributed by atoms with Gasteiger partial charge in [0.1, 0.15) is 0 Å². The van der Waals surface area contributed by atoms with Gasteiger partial charge in [-0.1, -0.05) is 19.9 Å². The summed E-state index contributed by atoms with van der Waals surface area (Å²) in [4.78, 5) is 12.7. The van der Waals surface area contributed by atoms with Gasteiger partial charge >= 0.3 is 5.69 Å². The number of halogens is 1. The van der Waals surface area contributed by atoms with Gasteiger partial charge in [0.15, 0.2) is 5.75 Å². The second kappa shape index (κ2) is 7.92. The van der Waals surface area contributed by atoms with Gasteiger partial charge in [0.05, 0.1) is 4.92 Å². The van der Waals surface area contributed by atoms with Crippen LogP contribution in [0.25, 0.3) is 0 Å². The summed E-state index contributed by atoms with van der Waals surface area (Å²) >= 11 is 0. The first kappa shape index (κ1) is 19.6. The molecule has 1 saturated heterocycles. The molecule has 0 unspecified atom stereocenters. The number of benzene rings is 1. The largest absolute Gasteiger partial charge is 0.502 e. The van der Waals surface area contributed by atoms with Gasteiger partial charge in [-0.15, -0.1) is 12.4 Å². The Labute approximate surface area is 141 Å². The number of nitro groups is 1. The Morgan fingerprint density at radius 2 is 2.00 bits per heavy atom. The average Bonchev–Trinajstić information content (AvgIpc) is 2.50. The van der Waals surface area contributed by atoms with Crippen molar-refractivity contribution in [2.75, 3.05) is 32.8 Å². The Balaban J connectivity index is 0.00000264. The van der Waals surface area contributed by atoms with Crippen LogP contribution in [0.5, 0.6) is 5.75 Å². The molecule has 23 heavy (non-hydrogen) atoms. The molecule has 0 bridgehead atoms. The summed E-state index contributed by atoms with van der Waals surface area (Å²) in [6.07, 6.45) is 0. The van der Waals surface area contributed by atoms with E-state index in [9.17, 15) is 20.3 Å². The van der Waals surface area contributed by atoms with E-state index in [4.69, 9.17) is 0 Å². The highest BCUT2D eigenvalue weighted by molar-refractivity contribution is 5.85. The van der Waals surface area contributed by atoms with Crippen molar-refractivity contribution in [3.63, 3.8) is 0 Å². The van der Waals surface area contributed by atoms with Crippen LogP contribution in [-0.2, 0) is 0 Å². The lowest BCUT2D eigenvalue weighted by Crippen LogP contribution is -2.49. The molecule has 1 heterocycles. The molecular weight excluding hydrogens is 322 g/mol. The minimum absolute atomic E-state index is 0. The number of phenolic OH excluding ortho intramolecular Hbond substituents is 1. The van der Waals surface area contributed by atoms with Crippen molar-refractivity contribution in [1.82, 2.24) is 10.2 Å². The highest BCUT2D eigenvalue weighted by atomic mass is 35.5. The summed E-state index contributed by atoms with van der Waals surface area (Å²) in [7, 11) is 0. The fraction of sp³-hybridized carbons (Fsp3) is 0.600. The lowest BCUT2D eigenvalue weighted by molar-refractivity contribution is -0.386. The van der Waals surface area contributed by atoms with Gasteiger partial charge in [0.2, 0.25) is 0 Å². The number of nitrogens with zero attached hydrogens (tertiary/aromatic N) is 2. The third-order valence-electron chi connectivity index (χ3n) is 4.18. The van der Waals surface area contributed by atoms with Gasteiger partial charge in [0.25, 0.3) is 0 Å². The molecule has 1 aromatic rings. The van der Waals surface area contributed by atoms with Crippen molar-refractivity contribution in [1.29, 1.82) is 0 Å². The molecule has 1 atom stereocenters. The second-order valence-electron chi connectivity index (χ2n) is 6.34. The Bertz CT molecular complexity index is 548. The Morgan fingerprint density at radius 3 is 2.52 bits per heavy atom. The van der Waals surface area contributed by atoms with Gasteiger partial charge < -0.3 is 15.5 Å². The Kier molecular flexibility index (Phi) is 6.76. The Hall–Kier alpha value is -1.41. The van der Waals surface area contributed by atoms with Gasteiger partial charge in [0, 0.05) is 50.3 Å². The normalized spacial score (nSPS) is 17.3. The van der Waals surface area contributed by atoms with E-state index in [1.54, 1.807) is 6.07 Å². The zero-order valence-corrected chi connectivity index (χ0v) is 14.2. The molecule has 1 aliphatic rings. The minimum atomic E-state index is -0.584. The van der Waals surface area contributed by atoms with E-state index in [0.29, 0.717) is 0 Å². The van der Waals surface area contributed by atoms with Crippen LogP contribution in [0.4, 0.5) is 5.69 Å². The molecule has 0 aliphatic carbocycles. The van der Waals surface area contributed by atoms with E-state index >= 15 is 0 Å². The number of hydrogen-bond donors (Lipinski definition) is 3. The van der Waals surface area contributed by atoms with Gasteiger partial charge in [-0.2, -0.15) is 0 Å². The van der Waals surface area contributed by atoms with Crippen LogP contribution < -0.4 is 5.32 Å². The van der Waals surface area contributed by atoms with Crippen LogP contribution in [0.3, 0.4) is 0 Å². The molecule has 130 valence electrons. The zero-order chi connectivity index (χ0) is 16.3. The maximum absolute atomic E-state index is 11.1. The van der Waals surface area contributed by atoms with E-state index in [1.807, 2.05) is 13.8 Å². The topological polar surface area (TPSA) is 98.9 Å². The number of aromatic hydroxyl groups is 1. The molecule has 2 rings (SSSR count). The molecule has 1 aliphatic heterocycles. The fourth-order valence-electron chi connectivity index (χ4n) is 3.04.